The monoisotopic (exact) mass is 536 g/mol. The van der Waals surface area contributed by atoms with E-state index in [1.807, 2.05) is 6.26 Å². The van der Waals surface area contributed by atoms with E-state index in [1.54, 1.807) is 0 Å². The Balaban J connectivity index is 2.18. The minimum absolute atomic E-state index is 0.375. The number of nitrogens with zero attached hydrogens (tertiary/aromatic N) is 2. The lowest BCUT2D eigenvalue weighted by Crippen LogP contribution is -2.51. The zero-order chi connectivity index (χ0) is 27.6. The van der Waals surface area contributed by atoms with Crippen LogP contribution >= 0.6 is 0 Å². The van der Waals surface area contributed by atoms with E-state index in [2.05, 4.69) is 31.7 Å². The number of carbonyl (C=O) groups is 1. The first-order chi connectivity index (χ1) is 18.7. The Bertz CT molecular complexity index is 555. The highest BCUT2D eigenvalue weighted by atomic mass is 16.5. The van der Waals surface area contributed by atoms with Crippen molar-refractivity contribution in [2.45, 2.75) is 156 Å². The third-order valence-electron chi connectivity index (χ3n) is 8.52. The third kappa shape index (κ3) is 18.3. The number of quaternary nitrogens is 1. The summed E-state index contributed by atoms with van der Waals surface area (Å²) in [7, 11) is 0. The maximum Gasteiger partial charge on any atom is 0.222 e. The fraction of sp³-hybridized carbons (Fsp3) is 0.912. The number of rotatable bonds is 28. The number of unbranched alkanes of at least 4 members (excludes halogenated alkanes) is 14. The molecule has 0 aromatic heterocycles. The topological polar surface area (TPSA) is 29.5 Å². The van der Waals surface area contributed by atoms with E-state index in [4.69, 9.17) is 4.74 Å². The number of likely N-dealkylation sites (tertiary alicyclic amines) is 1. The molecule has 1 amide bonds. The molecule has 224 valence electrons. The summed E-state index contributed by atoms with van der Waals surface area (Å²) in [4.78, 5) is 14.0. The molecule has 1 saturated heterocycles. The molecule has 1 aliphatic rings. The number of ether oxygens (including phenoxy) is 1. The van der Waals surface area contributed by atoms with Crippen molar-refractivity contribution in [2.24, 2.45) is 0 Å². The van der Waals surface area contributed by atoms with Crippen molar-refractivity contribution >= 4 is 5.91 Å². The zero-order valence-corrected chi connectivity index (χ0v) is 26.2. The molecule has 1 heterocycles. The molecule has 1 aliphatic heterocycles. The van der Waals surface area contributed by atoms with Gasteiger partial charge in [-0.2, -0.15) is 0 Å². The molecule has 0 bridgehead atoms. The molecule has 1 rings (SSSR count). The molecule has 38 heavy (non-hydrogen) atoms. The summed E-state index contributed by atoms with van der Waals surface area (Å²) in [6.07, 6.45) is 31.2. The predicted octanol–water partition coefficient (Wildman–Crippen LogP) is 9.43. The van der Waals surface area contributed by atoms with Crippen LogP contribution in [-0.4, -0.2) is 61.2 Å². The van der Waals surface area contributed by atoms with Crippen LogP contribution in [-0.2, 0) is 9.53 Å². The largest absolute Gasteiger partial charge is 0.502 e. The van der Waals surface area contributed by atoms with Crippen LogP contribution in [0, 0.1) is 0 Å². The molecule has 0 aromatic rings. The average Bonchev–Trinajstić information content (AvgIpc) is 3.34. The molecule has 4 heteroatoms. The smallest absolute Gasteiger partial charge is 0.222 e. The highest BCUT2D eigenvalue weighted by molar-refractivity contribution is 5.77. The molecule has 0 unspecified atom stereocenters. The second-order valence-electron chi connectivity index (χ2n) is 12.1. The highest BCUT2D eigenvalue weighted by Crippen LogP contribution is 2.18. The predicted molar refractivity (Wildman–Crippen MR) is 165 cm³/mol. The summed E-state index contributed by atoms with van der Waals surface area (Å²) in [6.45, 7) is 14.9. The number of hydrogen-bond donors (Lipinski definition) is 0. The Morgan fingerprint density at radius 1 is 0.684 bits per heavy atom. The highest BCUT2D eigenvalue weighted by Gasteiger charge is 2.26. The second-order valence-corrected chi connectivity index (χ2v) is 12.1. The van der Waals surface area contributed by atoms with Gasteiger partial charge in [-0.1, -0.05) is 91.4 Å². The zero-order valence-electron chi connectivity index (χ0n) is 26.2. The lowest BCUT2D eigenvalue weighted by molar-refractivity contribution is -0.929. The molecule has 1 fully saturated rings. The van der Waals surface area contributed by atoms with Crippen LogP contribution in [0.5, 0.6) is 0 Å². The molecule has 0 aromatic carbocycles. The molecule has 0 spiro atoms. The van der Waals surface area contributed by atoms with Crippen LogP contribution in [0.4, 0.5) is 0 Å². The number of allylic oxidation sites excluding steroid dienone is 1. The Morgan fingerprint density at radius 2 is 1.24 bits per heavy atom. The SMILES string of the molecule is CCCCCCCCCCCCC=COCCCC[N+](CCCC)(CCCC)CCCCN1CCCC1=O. The van der Waals surface area contributed by atoms with Gasteiger partial charge in [-0.3, -0.25) is 4.79 Å². The molecule has 0 saturated carbocycles. The minimum Gasteiger partial charge on any atom is -0.502 e. The Kier molecular flexibility index (Phi) is 23.0. The summed E-state index contributed by atoms with van der Waals surface area (Å²) < 4.78 is 7.13. The first-order valence-electron chi connectivity index (χ1n) is 17.1. The van der Waals surface area contributed by atoms with Crippen molar-refractivity contribution in [2.75, 3.05) is 45.9 Å². The summed E-state index contributed by atoms with van der Waals surface area (Å²) in [5.41, 5.74) is 0. The normalized spacial score (nSPS) is 14.3. The third-order valence-corrected chi connectivity index (χ3v) is 8.52. The van der Waals surface area contributed by atoms with Gasteiger partial charge in [0.1, 0.15) is 0 Å². The van der Waals surface area contributed by atoms with Crippen molar-refractivity contribution in [3.05, 3.63) is 12.3 Å². The van der Waals surface area contributed by atoms with E-state index in [9.17, 15) is 4.79 Å². The molecule has 0 atom stereocenters. The first-order valence-corrected chi connectivity index (χ1v) is 17.1. The number of amides is 1. The van der Waals surface area contributed by atoms with Gasteiger partial charge < -0.3 is 14.1 Å². The summed E-state index contributed by atoms with van der Waals surface area (Å²) >= 11 is 0. The number of carbonyl (C=O) groups excluding carboxylic acids is 1. The lowest BCUT2D eigenvalue weighted by Gasteiger charge is -2.39. The maximum absolute atomic E-state index is 11.9. The molecular weight excluding hydrogens is 468 g/mol. The van der Waals surface area contributed by atoms with Gasteiger partial charge in [-0.15, -0.1) is 0 Å². The Morgan fingerprint density at radius 3 is 1.82 bits per heavy atom. The fourth-order valence-electron chi connectivity index (χ4n) is 5.93. The Hall–Kier alpha value is -1.03. The quantitative estimate of drug-likeness (QED) is 0.0567. The van der Waals surface area contributed by atoms with Crippen molar-refractivity contribution < 1.29 is 14.0 Å². The molecule has 0 aliphatic carbocycles. The summed E-state index contributed by atoms with van der Waals surface area (Å²) in [5.74, 6) is 0.375. The van der Waals surface area contributed by atoms with Gasteiger partial charge in [0.15, 0.2) is 0 Å². The lowest BCUT2D eigenvalue weighted by atomic mass is 10.1. The molecule has 4 nitrogen and oxygen atoms in total. The van der Waals surface area contributed by atoms with Crippen molar-refractivity contribution in [3.8, 4) is 0 Å². The molecule has 0 radical (unpaired) electrons. The van der Waals surface area contributed by atoms with Crippen molar-refractivity contribution in [1.29, 1.82) is 0 Å². The van der Waals surface area contributed by atoms with Gasteiger partial charge >= 0.3 is 0 Å². The maximum atomic E-state index is 11.9. The fourth-order valence-corrected chi connectivity index (χ4v) is 5.93. The molecular formula is C34H67N2O2+. The van der Waals surface area contributed by atoms with E-state index in [0.717, 1.165) is 51.8 Å². The second kappa shape index (κ2) is 25.0. The van der Waals surface area contributed by atoms with Gasteiger partial charge in [0.05, 0.1) is 39.0 Å². The van der Waals surface area contributed by atoms with Gasteiger partial charge in [-0.25, -0.2) is 0 Å². The number of hydrogen-bond acceptors (Lipinski definition) is 2. The Labute approximate surface area is 238 Å². The van der Waals surface area contributed by atoms with E-state index in [0.29, 0.717) is 5.91 Å². The first kappa shape index (κ1) is 35.0. The van der Waals surface area contributed by atoms with Crippen LogP contribution in [0.3, 0.4) is 0 Å². The van der Waals surface area contributed by atoms with Crippen LogP contribution in [0.25, 0.3) is 0 Å². The standard InChI is InChI=1S/C34H67N2O2/c1-4-7-10-11-12-13-14-15-16-17-18-22-32-38-33-23-21-31-36(28-8-5-2,29-9-6-3)30-20-19-26-35-27-24-25-34(35)37/h22,32H,4-21,23-31,33H2,1-3H3/q+1. The minimum atomic E-state index is 0.375. The van der Waals surface area contributed by atoms with Crippen LogP contribution in [0.2, 0.25) is 0 Å². The summed E-state index contributed by atoms with van der Waals surface area (Å²) in [5, 5.41) is 0. The van der Waals surface area contributed by atoms with E-state index >= 15 is 0 Å². The average molecular weight is 536 g/mol. The van der Waals surface area contributed by atoms with Gasteiger partial charge in [0.2, 0.25) is 5.91 Å². The van der Waals surface area contributed by atoms with E-state index in [-0.39, 0.29) is 0 Å². The van der Waals surface area contributed by atoms with Crippen LogP contribution < -0.4 is 0 Å². The van der Waals surface area contributed by atoms with Crippen molar-refractivity contribution in [3.63, 3.8) is 0 Å². The van der Waals surface area contributed by atoms with Gasteiger partial charge in [-0.05, 0) is 63.9 Å². The van der Waals surface area contributed by atoms with Gasteiger partial charge in [0, 0.05) is 19.5 Å². The summed E-state index contributed by atoms with van der Waals surface area (Å²) in [6, 6.07) is 0. The molecule has 0 N–H and O–H groups in total. The van der Waals surface area contributed by atoms with Crippen LogP contribution in [0.1, 0.15) is 156 Å². The van der Waals surface area contributed by atoms with Crippen molar-refractivity contribution in [1.82, 2.24) is 4.90 Å². The van der Waals surface area contributed by atoms with E-state index in [1.165, 1.54) is 133 Å². The van der Waals surface area contributed by atoms with Crippen LogP contribution in [0.15, 0.2) is 12.3 Å². The van der Waals surface area contributed by atoms with E-state index < -0.39 is 0 Å². The van der Waals surface area contributed by atoms with Gasteiger partial charge in [0.25, 0.3) is 0 Å².